The number of fused-ring (bicyclic) bond motifs is 2. The topological polar surface area (TPSA) is 106 Å². The Hall–Kier alpha value is -3.71. The number of nitrogens with two attached hydrogens (primary N) is 1. The molecule has 0 saturated heterocycles. The smallest absolute Gasteiger partial charge is 0.249 e. The van der Waals surface area contributed by atoms with Crippen LogP contribution in [0.4, 0.5) is 5.82 Å². The molecule has 0 aliphatic carbocycles. The zero-order chi connectivity index (χ0) is 19.8. The van der Waals surface area contributed by atoms with Gasteiger partial charge >= 0.3 is 0 Å². The molecule has 29 heavy (non-hydrogen) atoms. The van der Waals surface area contributed by atoms with Gasteiger partial charge in [0.1, 0.15) is 12.1 Å². The van der Waals surface area contributed by atoms with Gasteiger partial charge in [-0.25, -0.2) is 9.97 Å². The van der Waals surface area contributed by atoms with Crippen molar-refractivity contribution in [3.05, 3.63) is 77.2 Å². The zero-order valence-corrected chi connectivity index (χ0v) is 15.6. The lowest BCUT2D eigenvalue weighted by Gasteiger charge is -2.11. The van der Waals surface area contributed by atoms with Gasteiger partial charge in [0.25, 0.3) is 0 Å². The van der Waals surface area contributed by atoms with Crippen LogP contribution < -0.4 is 16.4 Å². The number of carbonyl (C=O) groups is 1. The number of nitrogens with one attached hydrogen (secondary N) is 2. The average Bonchev–Trinajstić information content (AvgIpc) is 3.39. The summed E-state index contributed by atoms with van der Waals surface area (Å²) in [4.78, 5) is 21.2. The van der Waals surface area contributed by atoms with Crippen molar-refractivity contribution < 1.29 is 9.21 Å². The highest BCUT2D eigenvalue weighted by Crippen LogP contribution is 2.33. The Bertz CT molecular complexity index is 1220. The molecule has 0 saturated carbocycles. The highest BCUT2D eigenvalue weighted by molar-refractivity contribution is 6.08. The van der Waals surface area contributed by atoms with Gasteiger partial charge in [-0.05, 0) is 11.6 Å². The van der Waals surface area contributed by atoms with Crippen molar-refractivity contribution in [2.24, 2.45) is 5.73 Å². The van der Waals surface area contributed by atoms with Crippen LogP contribution in [0.1, 0.15) is 27.2 Å². The summed E-state index contributed by atoms with van der Waals surface area (Å²) < 4.78 is 5.79. The average molecular weight is 385 g/mol. The van der Waals surface area contributed by atoms with E-state index < -0.39 is 5.91 Å². The summed E-state index contributed by atoms with van der Waals surface area (Å²) in [5.74, 6) is 1.31. The van der Waals surface area contributed by atoms with Crippen LogP contribution in [0.15, 0.2) is 59.2 Å². The first-order valence-electron chi connectivity index (χ1n) is 9.39. The third-order valence-electron chi connectivity index (χ3n) is 5.10. The van der Waals surface area contributed by atoms with Crippen LogP contribution in [0.3, 0.4) is 0 Å². The summed E-state index contributed by atoms with van der Waals surface area (Å²) in [5.41, 5.74) is 9.09. The van der Waals surface area contributed by atoms with E-state index in [1.807, 2.05) is 24.3 Å². The number of rotatable bonds is 5. The largest absolute Gasteiger partial charge is 0.460 e. The Labute approximate surface area is 167 Å². The van der Waals surface area contributed by atoms with E-state index >= 15 is 0 Å². The van der Waals surface area contributed by atoms with E-state index in [4.69, 9.17) is 20.1 Å². The summed E-state index contributed by atoms with van der Waals surface area (Å²) in [5, 5.41) is 8.19. The Morgan fingerprint density at radius 2 is 1.93 bits per heavy atom. The van der Waals surface area contributed by atoms with Crippen LogP contribution >= 0.6 is 0 Å². The van der Waals surface area contributed by atoms with E-state index in [2.05, 4.69) is 22.8 Å². The van der Waals surface area contributed by atoms with Gasteiger partial charge in [-0.2, -0.15) is 0 Å². The summed E-state index contributed by atoms with van der Waals surface area (Å²) in [6.45, 7) is 2.06. The van der Waals surface area contributed by atoms with E-state index in [0.717, 1.165) is 29.0 Å². The number of hydrogen-bond donors (Lipinski definition) is 3. The molecule has 1 aliphatic rings. The Kier molecular flexibility index (Phi) is 4.22. The van der Waals surface area contributed by atoms with Gasteiger partial charge in [-0.15, -0.1) is 0 Å². The van der Waals surface area contributed by atoms with Crippen LogP contribution in [0.5, 0.6) is 0 Å². The number of furan rings is 1. The number of benzene rings is 2. The number of nitrogens with zero attached hydrogens (tertiary/aromatic N) is 2. The number of anilines is 1. The fourth-order valence-corrected chi connectivity index (χ4v) is 3.66. The summed E-state index contributed by atoms with van der Waals surface area (Å²) in [6, 6.07) is 15.5. The minimum absolute atomic E-state index is 0.419. The molecule has 2 aromatic heterocycles. The normalized spacial score (nSPS) is 12.8. The molecule has 4 N–H and O–H groups in total. The second kappa shape index (κ2) is 7.03. The van der Waals surface area contributed by atoms with Crippen LogP contribution in [-0.4, -0.2) is 15.9 Å². The van der Waals surface area contributed by atoms with E-state index in [9.17, 15) is 4.79 Å². The summed E-state index contributed by atoms with van der Waals surface area (Å²) in [7, 11) is 0. The molecule has 3 heterocycles. The monoisotopic (exact) mass is 385 g/mol. The Balaban J connectivity index is 1.57. The van der Waals surface area contributed by atoms with Gasteiger partial charge in [0.15, 0.2) is 11.6 Å². The molecule has 5 rings (SSSR count). The molecular weight excluding hydrogens is 366 g/mol. The maximum Gasteiger partial charge on any atom is 0.249 e. The summed E-state index contributed by atoms with van der Waals surface area (Å²) >= 11 is 0. The van der Waals surface area contributed by atoms with Crippen molar-refractivity contribution in [3.63, 3.8) is 0 Å². The lowest BCUT2D eigenvalue weighted by Crippen LogP contribution is -2.10. The highest BCUT2D eigenvalue weighted by Gasteiger charge is 2.22. The van der Waals surface area contributed by atoms with Crippen molar-refractivity contribution in [2.45, 2.75) is 19.6 Å². The molecule has 1 aliphatic heterocycles. The predicted octanol–water partition coefficient (Wildman–Crippen LogP) is 3.20. The highest BCUT2D eigenvalue weighted by atomic mass is 16.3. The fraction of sp³-hybridized carbons (Fsp3) is 0.136. The van der Waals surface area contributed by atoms with Crippen molar-refractivity contribution in [3.8, 4) is 11.6 Å². The van der Waals surface area contributed by atoms with Gasteiger partial charge in [0, 0.05) is 36.0 Å². The molecule has 0 atom stereocenters. The molecular formula is C22H19N5O2. The third kappa shape index (κ3) is 3.11. The lowest BCUT2D eigenvalue weighted by atomic mass is 10.1. The van der Waals surface area contributed by atoms with Crippen LogP contribution in [0.2, 0.25) is 0 Å². The van der Waals surface area contributed by atoms with Gasteiger partial charge in [-0.1, -0.05) is 42.5 Å². The standard InChI is InChI=1S/C22H19N5O2/c23-20(28)15-8-4-7-14-17(15)12-29-19(14)22-26-18-11-24-10-16(18)21(27-22)25-9-13-5-2-1-3-6-13/h1-8,12,24H,9-11H2,(H2,23,28)(H,25,26,27). The second-order valence-electron chi connectivity index (χ2n) is 6.96. The van der Waals surface area contributed by atoms with Crippen LogP contribution in [-0.2, 0) is 19.6 Å². The molecule has 7 heteroatoms. The number of aromatic nitrogens is 2. The molecule has 0 fully saturated rings. The van der Waals surface area contributed by atoms with Crippen molar-refractivity contribution in [1.29, 1.82) is 0 Å². The maximum absolute atomic E-state index is 11.7. The number of amides is 1. The molecule has 1 amide bonds. The Morgan fingerprint density at radius 1 is 1.07 bits per heavy atom. The van der Waals surface area contributed by atoms with Crippen LogP contribution in [0, 0.1) is 0 Å². The molecule has 0 unspecified atom stereocenters. The first kappa shape index (κ1) is 17.4. The van der Waals surface area contributed by atoms with Gasteiger partial charge in [0.05, 0.1) is 11.3 Å². The molecule has 0 bridgehead atoms. The van der Waals surface area contributed by atoms with E-state index in [1.54, 1.807) is 12.1 Å². The van der Waals surface area contributed by atoms with Crippen molar-refractivity contribution in [1.82, 2.24) is 15.3 Å². The van der Waals surface area contributed by atoms with Crippen LogP contribution in [0.25, 0.3) is 22.4 Å². The van der Waals surface area contributed by atoms with Gasteiger partial charge < -0.3 is 20.8 Å². The molecule has 0 spiro atoms. The SMILES string of the molecule is NC(=O)c1cccc2c(-c3nc4c(c(NCc5ccccc5)n3)CNC4)occ12. The Morgan fingerprint density at radius 3 is 2.76 bits per heavy atom. The molecule has 0 radical (unpaired) electrons. The van der Waals surface area contributed by atoms with Gasteiger partial charge in [0.2, 0.25) is 5.91 Å². The van der Waals surface area contributed by atoms with Gasteiger partial charge in [-0.3, -0.25) is 4.79 Å². The summed E-state index contributed by atoms with van der Waals surface area (Å²) in [6.07, 6.45) is 1.54. The number of hydrogen-bond acceptors (Lipinski definition) is 6. The molecule has 144 valence electrons. The van der Waals surface area contributed by atoms with Crippen molar-refractivity contribution >= 4 is 22.5 Å². The molecule has 7 nitrogen and oxygen atoms in total. The molecule has 4 aromatic rings. The fourth-order valence-electron chi connectivity index (χ4n) is 3.66. The van der Waals surface area contributed by atoms with E-state index in [1.165, 1.54) is 11.8 Å². The first-order valence-corrected chi connectivity index (χ1v) is 9.39. The van der Waals surface area contributed by atoms with E-state index in [0.29, 0.717) is 35.6 Å². The first-order chi connectivity index (χ1) is 14.2. The lowest BCUT2D eigenvalue weighted by molar-refractivity contribution is 0.100. The van der Waals surface area contributed by atoms with E-state index in [-0.39, 0.29) is 0 Å². The zero-order valence-electron chi connectivity index (χ0n) is 15.6. The quantitative estimate of drug-likeness (QED) is 0.487. The minimum Gasteiger partial charge on any atom is -0.460 e. The number of carbonyl (C=O) groups excluding carboxylic acids is 1. The minimum atomic E-state index is -0.493. The maximum atomic E-state index is 11.7. The predicted molar refractivity (Wildman–Crippen MR) is 110 cm³/mol. The third-order valence-corrected chi connectivity index (χ3v) is 5.10. The number of primary amides is 1. The molecule has 2 aromatic carbocycles. The second-order valence-corrected chi connectivity index (χ2v) is 6.96. The van der Waals surface area contributed by atoms with Crippen molar-refractivity contribution in [2.75, 3.05) is 5.32 Å².